The molecule has 0 atom stereocenters. The van der Waals surface area contributed by atoms with E-state index < -0.39 is 0 Å². The summed E-state index contributed by atoms with van der Waals surface area (Å²) in [6, 6.07) is 18.0. The van der Waals surface area contributed by atoms with Crippen LogP contribution in [-0.2, 0) is 4.79 Å². The van der Waals surface area contributed by atoms with Gasteiger partial charge in [0.05, 0.1) is 17.3 Å². The molecule has 0 saturated carbocycles. The van der Waals surface area contributed by atoms with Gasteiger partial charge in [0.2, 0.25) is 5.91 Å². The lowest BCUT2D eigenvalue weighted by Crippen LogP contribution is -2.07. The van der Waals surface area contributed by atoms with Gasteiger partial charge in [0.1, 0.15) is 10.8 Å². The fraction of sp³-hybridized carbons (Fsp3) is 0.154. The van der Waals surface area contributed by atoms with E-state index in [-0.39, 0.29) is 5.91 Å². The van der Waals surface area contributed by atoms with Crippen LogP contribution < -0.4 is 10.1 Å². The molecular formula is C26H24N2O2S. The molecule has 0 bridgehead atoms. The Kier molecular flexibility index (Phi) is 5.87. The van der Waals surface area contributed by atoms with Gasteiger partial charge in [-0.25, -0.2) is 4.98 Å². The SMILES string of the molecule is COc1cc(C)c(/C=C/C(=O)Nc2ccc(-c3nc4ccc(C)cc4s3)cc2)c(C)c1. The lowest BCUT2D eigenvalue weighted by atomic mass is 10.0. The number of methoxy groups -OCH3 is 1. The van der Waals surface area contributed by atoms with E-state index in [1.165, 1.54) is 10.3 Å². The third-order valence-corrected chi connectivity index (χ3v) is 6.21. The highest BCUT2D eigenvalue weighted by Gasteiger charge is 2.08. The number of benzene rings is 3. The maximum Gasteiger partial charge on any atom is 0.248 e. The Morgan fingerprint density at radius 2 is 1.71 bits per heavy atom. The van der Waals surface area contributed by atoms with E-state index in [4.69, 9.17) is 9.72 Å². The number of hydrogen-bond donors (Lipinski definition) is 1. The lowest BCUT2D eigenvalue weighted by molar-refractivity contribution is -0.111. The van der Waals surface area contributed by atoms with E-state index in [2.05, 4.69) is 30.4 Å². The fourth-order valence-electron chi connectivity index (χ4n) is 3.51. The Morgan fingerprint density at radius 3 is 2.39 bits per heavy atom. The second-order valence-corrected chi connectivity index (χ2v) is 8.60. The van der Waals surface area contributed by atoms with Gasteiger partial charge in [-0.2, -0.15) is 0 Å². The zero-order valence-electron chi connectivity index (χ0n) is 18.0. The number of nitrogens with one attached hydrogen (secondary N) is 1. The minimum atomic E-state index is -0.169. The molecule has 31 heavy (non-hydrogen) atoms. The van der Waals surface area contributed by atoms with Gasteiger partial charge < -0.3 is 10.1 Å². The molecule has 0 aliphatic heterocycles. The van der Waals surface area contributed by atoms with E-state index in [9.17, 15) is 4.79 Å². The number of nitrogens with zero attached hydrogens (tertiary/aromatic N) is 1. The van der Waals surface area contributed by atoms with Gasteiger partial charge in [0.25, 0.3) is 0 Å². The summed E-state index contributed by atoms with van der Waals surface area (Å²) < 4.78 is 6.47. The van der Waals surface area contributed by atoms with Crippen molar-refractivity contribution in [2.45, 2.75) is 20.8 Å². The molecule has 3 aromatic carbocycles. The number of carbonyl (C=O) groups is 1. The molecule has 0 saturated heterocycles. The molecule has 0 radical (unpaired) electrons. The number of rotatable bonds is 5. The van der Waals surface area contributed by atoms with Crippen molar-refractivity contribution < 1.29 is 9.53 Å². The summed E-state index contributed by atoms with van der Waals surface area (Å²) in [6.45, 7) is 6.10. The molecule has 0 spiro atoms. The number of amides is 1. The van der Waals surface area contributed by atoms with Crippen molar-refractivity contribution in [3.63, 3.8) is 0 Å². The molecule has 4 nitrogen and oxygen atoms in total. The molecule has 4 rings (SSSR count). The maximum absolute atomic E-state index is 12.4. The summed E-state index contributed by atoms with van der Waals surface area (Å²) in [5.41, 5.74) is 7.19. The average molecular weight is 429 g/mol. The first-order chi connectivity index (χ1) is 14.9. The summed E-state index contributed by atoms with van der Waals surface area (Å²) in [6.07, 6.45) is 3.41. The number of thiazole rings is 1. The Morgan fingerprint density at radius 1 is 1.00 bits per heavy atom. The molecule has 5 heteroatoms. The summed E-state index contributed by atoms with van der Waals surface area (Å²) in [4.78, 5) is 17.1. The number of aryl methyl sites for hydroxylation is 3. The van der Waals surface area contributed by atoms with Crippen molar-refractivity contribution >= 4 is 39.2 Å². The molecule has 0 unspecified atom stereocenters. The van der Waals surface area contributed by atoms with Crippen molar-refractivity contribution in [1.29, 1.82) is 0 Å². The molecule has 156 valence electrons. The zero-order chi connectivity index (χ0) is 22.0. The molecule has 0 aliphatic rings. The van der Waals surface area contributed by atoms with Crippen molar-refractivity contribution in [1.82, 2.24) is 4.98 Å². The van der Waals surface area contributed by atoms with Crippen LogP contribution in [0.3, 0.4) is 0 Å². The van der Waals surface area contributed by atoms with Gasteiger partial charge in [0.15, 0.2) is 0 Å². The van der Waals surface area contributed by atoms with Gasteiger partial charge >= 0.3 is 0 Å². The van der Waals surface area contributed by atoms with E-state index in [0.29, 0.717) is 0 Å². The van der Waals surface area contributed by atoms with E-state index in [1.807, 2.05) is 56.3 Å². The first kappa shape index (κ1) is 20.8. The minimum Gasteiger partial charge on any atom is -0.497 e. The number of ether oxygens (including phenoxy) is 1. The zero-order valence-corrected chi connectivity index (χ0v) is 18.8. The molecule has 4 aromatic rings. The topological polar surface area (TPSA) is 51.2 Å². The van der Waals surface area contributed by atoms with Crippen LogP contribution in [0.25, 0.3) is 26.9 Å². The van der Waals surface area contributed by atoms with Crippen LogP contribution in [0.4, 0.5) is 5.69 Å². The monoisotopic (exact) mass is 428 g/mol. The second-order valence-electron chi connectivity index (χ2n) is 7.57. The first-order valence-electron chi connectivity index (χ1n) is 10.0. The number of fused-ring (bicyclic) bond motifs is 1. The number of carbonyl (C=O) groups excluding carboxylic acids is 1. The molecule has 1 amide bonds. The quantitative estimate of drug-likeness (QED) is 0.367. The largest absolute Gasteiger partial charge is 0.497 e. The van der Waals surface area contributed by atoms with Crippen LogP contribution in [0.5, 0.6) is 5.75 Å². The molecular weight excluding hydrogens is 404 g/mol. The summed E-state index contributed by atoms with van der Waals surface area (Å²) in [5, 5.41) is 3.89. The third kappa shape index (κ3) is 4.67. The first-order valence-corrected chi connectivity index (χ1v) is 10.9. The number of hydrogen-bond acceptors (Lipinski definition) is 4. The summed E-state index contributed by atoms with van der Waals surface area (Å²) in [5.74, 6) is 0.651. The van der Waals surface area contributed by atoms with Crippen LogP contribution in [0.15, 0.2) is 60.7 Å². The molecule has 1 heterocycles. The third-order valence-electron chi connectivity index (χ3n) is 5.15. The second kappa shape index (κ2) is 8.74. The van der Waals surface area contributed by atoms with Gasteiger partial charge in [-0.15, -0.1) is 11.3 Å². The highest BCUT2D eigenvalue weighted by atomic mass is 32.1. The van der Waals surface area contributed by atoms with Crippen LogP contribution in [0.2, 0.25) is 0 Å². The van der Waals surface area contributed by atoms with Crippen LogP contribution in [-0.4, -0.2) is 18.0 Å². The van der Waals surface area contributed by atoms with Gasteiger partial charge in [0, 0.05) is 17.3 Å². The predicted octanol–water partition coefficient (Wildman–Crippen LogP) is 6.55. The smallest absolute Gasteiger partial charge is 0.248 e. The summed E-state index contributed by atoms with van der Waals surface area (Å²) >= 11 is 1.68. The molecule has 1 N–H and O–H groups in total. The van der Waals surface area contributed by atoms with E-state index in [1.54, 1.807) is 24.5 Å². The highest BCUT2D eigenvalue weighted by Crippen LogP contribution is 2.31. The summed E-state index contributed by atoms with van der Waals surface area (Å²) in [7, 11) is 1.65. The predicted molar refractivity (Wildman–Crippen MR) is 130 cm³/mol. The van der Waals surface area contributed by atoms with Gasteiger partial charge in [-0.05, 0) is 97.6 Å². The highest BCUT2D eigenvalue weighted by molar-refractivity contribution is 7.21. The lowest BCUT2D eigenvalue weighted by Gasteiger charge is -2.09. The van der Waals surface area contributed by atoms with Crippen molar-refractivity contribution in [3.8, 4) is 16.3 Å². The van der Waals surface area contributed by atoms with Crippen molar-refractivity contribution in [2.75, 3.05) is 12.4 Å². The van der Waals surface area contributed by atoms with Gasteiger partial charge in [-0.3, -0.25) is 4.79 Å². The fourth-order valence-corrected chi connectivity index (χ4v) is 4.58. The normalized spacial score (nSPS) is 11.2. The van der Waals surface area contributed by atoms with Crippen LogP contribution >= 0.6 is 11.3 Å². The van der Waals surface area contributed by atoms with E-state index >= 15 is 0 Å². The van der Waals surface area contributed by atoms with E-state index in [0.717, 1.165) is 44.2 Å². The number of aromatic nitrogens is 1. The number of anilines is 1. The van der Waals surface area contributed by atoms with Crippen LogP contribution in [0.1, 0.15) is 22.3 Å². The Labute approximate surface area is 186 Å². The Hall–Kier alpha value is -3.44. The van der Waals surface area contributed by atoms with Crippen molar-refractivity contribution in [3.05, 3.63) is 82.9 Å². The molecule has 0 aliphatic carbocycles. The maximum atomic E-state index is 12.4. The Bertz CT molecular complexity index is 1260. The average Bonchev–Trinajstić information content (AvgIpc) is 3.16. The Balaban J connectivity index is 1.46. The standard InChI is InChI=1S/C26H24N2O2S/c1-16-5-11-23-24(13-16)31-26(28-23)19-6-8-20(9-7-19)27-25(29)12-10-22-17(2)14-21(30-4)15-18(22)3/h5-15H,1-4H3,(H,27,29)/b12-10+. The molecule has 0 fully saturated rings. The minimum absolute atomic E-state index is 0.169. The van der Waals surface area contributed by atoms with Gasteiger partial charge in [-0.1, -0.05) is 6.07 Å². The van der Waals surface area contributed by atoms with Crippen LogP contribution in [0, 0.1) is 20.8 Å². The van der Waals surface area contributed by atoms with Crippen molar-refractivity contribution in [2.24, 2.45) is 0 Å². The molecule has 1 aromatic heterocycles.